The molecule has 22 heavy (non-hydrogen) atoms. The van der Waals surface area contributed by atoms with Gasteiger partial charge in [-0.1, -0.05) is 12.1 Å². The van der Waals surface area contributed by atoms with Crippen LogP contribution in [0.15, 0.2) is 24.3 Å². The lowest BCUT2D eigenvalue weighted by Crippen LogP contribution is -2.44. The van der Waals surface area contributed by atoms with Crippen LogP contribution in [0.25, 0.3) is 0 Å². The maximum absolute atomic E-state index is 12.5. The normalized spacial score (nSPS) is 22.0. The molecule has 0 radical (unpaired) electrons. The number of nitrogens with zero attached hydrogens (tertiary/aromatic N) is 2. The van der Waals surface area contributed by atoms with E-state index in [-0.39, 0.29) is 11.9 Å². The van der Waals surface area contributed by atoms with Crippen LogP contribution in [-0.2, 0) is 9.59 Å². The molecule has 0 saturated carbocycles. The van der Waals surface area contributed by atoms with Gasteiger partial charge in [0.05, 0.1) is 11.5 Å². The molecule has 1 heterocycles. The van der Waals surface area contributed by atoms with Gasteiger partial charge in [0, 0.05) is 12.6 Å². The van der Waals surface area contributed by atoms with Crippen molar-refractivity contribution in [2.24, 2.45) is 5.92 Å². The van der Waals surface area contributed by atoms with Crippen molar-refractivity contribution < 1.29 is 19.4 Å². The van der Waals surface area contributed by atoms with Gasteiger partial charge >= 0.3 is 5.97 Å². The number of aliphatic carboxylic acids is 1. The van der Waals surface area contributed by atoms with Crippen LogP contribution in [-0.4, -0.2) is 40.6 Å². The topological polar surface area (TPSA) is 90.6 Å². The molecule has 2 rings (SSSR count). The molecule has 1 amide bonds. The summed E-state index contributed by atoms with van der Waals surface area (Å²) in [6.07, 6.45) is -0.325. The minimum absolute atomic E-state index is 0.260. The lowest BCUT2D eigenvalue weighted by atomic mass is 10.0. The van der Waals surface area contributed by atoms with Gasteiger partial charge in [-0.25, -0.2) is 0 Å². The number of amides is 1. The molecule has 1 aliphatic heterocycles. The van der Waals surface area contributed by atoms with E-state index in [1.165, 1.54) is 0 Å². The highest BCUT2D eigenvalue weighted by Crippen LogP contribution is 2.26. The molecule has 3 atom stereocenters. The lowest BCUT2D eigenvalue weighted by molar-refractivity contribution is -0.144. The Morgan fingerprint density at radius 2 is 2.14 bits per heavy atom. The summed E-state index contributed by atoms with van der Waals surface area (Å²) in [5, 5.41) is 18.1. The van der Waals surface area contributed by atoms with Crippen LogP contribution in [0, 0.1) is 17.2 Å². The molecule has 0 aliphatic carbocycles. The van der Waals surface area contributed by atoms with E-state index in [2.05, 4.69) is 0 Å². The second-order valence-corrected chi connectivity index (χ2v) is 5.37. The van der Waals surface area contributed by atoms with E-state index in [0.29, 0.717) is 24.3 Å². The molecule has 0 spiro atoms. The number of nitriles is 1. The van der Waals surface area contributed by atoms with E-state index < -0.39 is 18.0 Å². The maximum Gasteiger partial charge on any atom is 0.308 e. The molecule has 3 unspecified atom stereocenters. The standard InChI is InChI=1S/C16H18N2O4/c1-10-13(16(20)21)7-8-18(10)15(19)11(2)22-14-6-4-3-5-12(14)9-17/h3-6,10-11,13H,7-8H2,1-2H3,(H,20,21). The summed E-state index contributed by atoms with van der Waals surface area (Å²) in [6.45, 7) is 3.75. The van der Waals surface area contributed by atoms with Gasteiger partial charge in [0.25, 0.3) is 5.91 Å². The summed E-state index contributed by atoms with van der Waals surface area (Å²) in [6, 6.07) is 8.35. The van der Waals surface area contributed by atoms with Gasteiger partial charge in [0.2, 0.25) is 0 Å². The molecule has 1 saturated heterocycles. The number of hydrogen-bond acceptors (Lipinski definition) is 4. The van der Waals surface area contributed by atoms with E-state index in [0.717, 1.165) is 0 Å². The number of ether oxygens (including phenoxy) is 1. The molecular weight excluding hydrogens is 284 g/mol. The fraction of sp³-hybridized carbons (Fsp3) is 0.438. The van der Waals surface area contributed by atoms with Crippen LogP contribution >= 0.6 is 0 Å². The smallest absolute Gasteiger partial charge is 0.308 e. The third kappa shape index (κ3) is 3.03. The van der Waals surface area contributed by atoms with Crippen molar-refractivity contribution in [1.29, 1.82) is 5.26 Å². The van der Waals surface area contributed by atoms with Crippen molar-refractivity contribution in [3.8, 4) is 11.8 Å². The quantitative estimate of drug-likeness (QED) is 0.913. The lowest BCUT2D eigenvalue weighted by Gasteiger charge is -2.26. The van der Waals surface area contributed by atoms with Gasteiger partial charge in [-0.3, -0.25) is 9.59 Å². The van der Waals surface area contributed by atoms with Gasteiger partial charge in [-0.15, -0.1) is 0 Å². The Morgan fingerprint density at radius 3 is 2.73 bits per heavy atom. The Labute approximate surface area is 128 Å². The minimum Gasteiger partial charge on any atom is -0.481 e. The molecular formula is C16H18N2O4. The molecule has 0 bridgehead atoms. The monoisotopic (exact) mass is 302 g/mol. The van der Waals surface area contributed by atoms with Crippen molar-refractivity contribution in [2.45, 2.75) is 32.4 Å². The first-order valence-electron chi connectivity index (χ1n) is 7.14. The van der Waals surface area contributed by atoms with Gasteiger partial charge in [-0.05, 0) is 32.4 Å². The molecule has 6 nitrogen and oxygen atoms in total. The molecule has 6 heteroatoms. The largest absolute Gasteiger partial charge is 0.481 e. The molecule has 1 aliphatic rings. The number of para-hydroxylation sites is 1. The van der Waals surface area contributed by atoms with Crippen LogP contribution in [0.1, 0.15) is 25.8 Å². The third-order valence-electron chi connectivity index (χ3n) is 4.01. The number of carbonyl (C=O) groups excluding carboxylic acids is 1. The molecule has 1 fully saturated rings. The zero-order chi connectivity index (χ0) is 16.3. The van der Waals surface area contributed by atoms with Gasteiger partial charge < -0.3 is 14.7 Å². The molecule has 1 aromatic carbocycles. The Kier molecular flexibility index (Phi) is 4.66. The Bertz CT molecular complexity index is 623. The van der Waals surface area contributed by atoms with Crippen molar-refractivity contribution in [3.05, 3.63) is 29.8 Å². The summed E-state index contributed by atoms with van der Waals surface area (Å²) in [5.74, 6) is -1.33. The van der Waals surface area contributed by atoms with E-state index >= 15 is 0 Å². The second kappa shape index (κ2) is 6.48. The average Bonchev–Trinajstić information content (AvgIpc) is 2.88. The number of carboxylic acids is 1. The molecule has 116 valence electrons. The maximum atomic E-state index is 12.5. The Balaban J connectivity index is 2.07. The predicted octanol–water partition coefficient (Wildman–Crippen LogP) is 1.65. The van der Waals surface area contributed by atoms with Crippen molar-refractivity contribution in [1.82, 2.24) is 4.90 Å². The first-order chi connectivity index (χ1) is 10.5. The highest BCUT2D eigenvalue weighted by atomic mass is 16.5. The van der Waals surface area contributed by atoms with Crippen molar-refractivity contribution in [3.63, 3.8) is 0 Å². The number of likely N-dealkylation sites (tertiary alicyclic amines) is 1. The predicted molar refractivity (Wildman–Crippen MR) is 78.2 cm³/mol. The second-order valence-electron chi connectivity index (χ2n) is 5.37. The first-order valence-corrected chi connectivity index (χ1v) is 7.14. The van der Waals surface area contributed by atoms with Gasteiger partial charge in [-0.2, -0.15) is 5.26 Å². The Hall–Kier alpha value is -2.55. The summed E-state index contributed by atoms with van der Waals surface area (Å²) in [7, 11) is 0. The minimum atomic E-state index is -0.883. The number of benzene rings is 1. The highest BCUT2D eigenvalue weighted by Gasteiger charge is 2.39. The zero-order valence-corrected chi connectivity index (χ0v) is 12.5. The fourth-order valence-electron chi connectivity index (χ4n) is 2.72. The van der Waals surface area contributed by atoms with E-state index in [9.17, 15) is 9.59 Å². The van der Waals surface area contributed by atoms with E-state index in [1.54, 1.807) is 43.0 Å². The molecule has 1 aromatic rings. The van der Waals surface area contributed by atoms with Crippen molar-refractivity contribution in [2.75, 3.05) is 6.54 Å². The number of carbonyl (C=O) groups is 2. The van der Waals surface area contributed by atoms with Crippen LogP contribution in [0.5, 0.6) is 5.75 Å². The number of carboxylic acid groups (broad SMARTS) is 1. The summed E-state index contributed by atoms with van der Waals surface area (Å²) >= 11 is 0. The first kappa shape index (κ1) is 15.8. The van der Waals surface area contributed by atoms with Crippen molar-refractivity contribution >= 4 is 11.9 Å². The van der Waals surface area contributed by atoms with E-state index in [1.807, 2.05) is 6.07 Å². The number of hydrogen-bond donors (Lipinski definition) is 1. The third-order valence-corrected chi connectivity index (χ3v) is 4.01. The van der Waals surface area contributed by atoms with Crippen LogP contribution in [0.2, 0.25) is 0 Å². The highest BCUT2D eigenvalue weighted by molar-refractivity contribution is 5.83. The fourth-order valence-corrected chi connectivity index (χ4v) is 2.72. The Morgan fingerprint density at radius 1 is 1.45 bits per heavy atom. The van der Waals surface area contributed by atoms with Gasteiger partial charge in [0.15, 0.2) is 6.10 Å². The summed E-state index contributed by atoms with van der Waals surface area (Å²) in [5.41, 5.74) is 0.361. The molecule has 1 N–H and O–H groups in total. The zero-order valence-electron chi connectivity index (χ0n) is 12.5. The SMILES string of the molecule is CC(Oc1ccccc1C#N)C(=O)N1CCC(C(=O)O)C1C. The van der Waals surface area contributed by atoms with Crippen LogP contribution in [0.4, 0.5) is 0 Å². The van der Waals surface area contributed by atoms with Crippen LogP contribution in [0.3, 0.4) is 0 Å². The summed E-state index contributed by atoms with van der Waals surface area (Å²) in [4.78, 5) is 25.1. The number of rotatable bonds is 4. The van der Waals surface area contributed by atoms with Gasteiger partial charge in [0.1, 0.15) is 11.8 Å². The summed E-state index contributed by atoms with van der Waals surface area (Å²) < 4.78 is 5.59. The van der Waals surface area contributed by atoms with E-state index in [4.69, 9.17) is 15.1 Å². The van der Waals surface area contributed by atoms with Crippen LogP contribution < -0.4 is 4.74 Å². The molecule has 0 aromatic heterocycles. The average molecular weight is 302 g/mol.